The number of para-hydroxylation sites is 1. The van der Waals surface area contributed by atoms with E-state index in [1.165, 1.54) is 18.4 Å². The predicted molar refractivity (Wildman–Crippen MR) is 80.2 cm³/mol. The van der Waals surface area contributed by atoms with Crippen LogP contribution < -0.4 is 0 Å². The fourth-order valence-corrected chi connectivity index (χ4v) is 2.56. The van der Waals surface area contributed by atoms with E-state index in [4.69, 9.17) is 0 Å². The minimum absolute atomic E-state index is 0.626. The molecule has 0 saturated heterocycles. The summed E-state index contributed by atoms with van der Waals surface area (Å²) >= 11 is 0. The summed E-state index contributed by atoms with van der Waals surface area (Å²) in [5, 5.41) is 11.7. The summed E-state index contributed by atoms with van der Waals surface area (Å²) in [6.45, 7) is 4.13. The molecule has 1 aromatic carbocycles. The van der Waals surface area contributed by atoms with Crippen molar-refractivity contribution in [1.29, 1.82) is 0 Å². The van der Waals surface area contributed by atoms with Crippen molar-refractivity contribution < 1.29 is 5.11 Å². The normalized spacial score (nSPS) is 14.5. The second kappa shape index (κ2) is 6.16. The number of fused-ring (bicyclic) bond motifs is 1. The quantitative estimate of drug-likeness (QED) is 0.790. The smallest absolute Gasteiger partial charge is 0.0704 e. The number of rotatable bonds is 6. The molecule has 1 atom stereocenters. The van der Waals surface area contributed by atoms with Crippen molar-refractivity contribution in [2.75, 3.05) is 0 Å². The lowest BCUT2D eigenvalue weighted by molar-refractivity contribution is 0.0489. The van der Waals surface area contributed by atoms with Crippen molar-refractivity contribution in [3.05, 3.63) is 42.1 Å². The molecule has 1 unspecified atom stereocenters. The van der Waals surface area contributed by atoms with Gasteiger partial charge in [-0.15, -0.1) is 0 Å². The van der Waals surface area contributed by atoms with E-state index >= 15 is 0 Å². The molecule has 2 aromatic rings. The Morgan fingerprint density at radius 1 is 1.16 bits per heavy atom. The van der Waals surface area contributed by atoms with E-state index in [-0.39, 0.29) is 0 Å². The van der Waals surface area contributed by atoms with Crippen LogP contribution in [0, 0.1) is 0 Å². The van der Waals surface area contributed by atoms with Gasteiger partial charge in [0.05, 0.1) is 11.1 Å². The Morgan fingerprint density at radius 2 is 1.95 bits per heavy atom. The molecule has 2 heteroatoms. The molecular formula is C17H23NO. The minimum Gasteiger partial charge on any atom is -0.390 e. The molecule has 0 aliphatic carbocycles. The Hall–Kier alpha value is -1.41. The topological polar surface area (TPSA) is 33.1 Å². The summed E-state index contributed by atoms with van der Waals surface area (Å²) in [5.74, 6) is 0. The lowest BCUT2D eigenvalue weighted by atomic mass is 9.90. The van der Waals surface area contributed by atoms with Crippen LogP contribution in [0.2, 0.25) is 0 Å². The van der Waals surface area contributed by atoms with Gasteiger partial charge in [0, 0.05) is 18.0 Å². The molecule has 2 nitrogen and oxygen atoms in total. The van der Waals surface area contributed by atoms with Gasteiger partial charge in [-0.2, -0.15) is 0 Å². The first-order valence-electron chi connectivity index (χ1n) is 7.17. The first-order chi connectivity index (χ1) is 9.12. The molecular weight excluding hydrogens is 234 g/mol. The highest BCUT2D eigenvalue weighted by molar-refractivity contribution is 5.81. The molecule has 0 bridgehead atoms. The molecule has 102 valence electrons. The molecule has 19 heavy (non-hydrogen) atoms. The van der Waals surface area contributed by atoms with Gasteiger partial charge in [0.15, 0.2) is 0 Å². The molecule has 0 radical (unpaired) electrons. The van der Waals surface area contributed by atoms with Gasteiger partial charge in [-0.05, 0) is 31.0 Å². The van der Waals surface area contributed by atoms with Crippen LogP contribution in [-0.2, 0) is 6.42 Å². The maximum Gasteiger partial charge on any atom is 0.0704 e. The number of nitrogens with zero attached hydrogens (tertiary/aromatic N) is 1. The summed E-state index contributed by atoms with van der Waals surface area (Å²) < 4.78 is 0. The van der Waals surface area contributed by atoms with E-state index in [0.717, 1.165) is 23.7 Å². The van der Waals surface area contributed by atoms with Crippen molar-refractivity contribution in [2.24, 2.45) is 0 Å². The van der Waals surface area contributed by atoms with Crippen molar-refractivity contribution >= 4 is 10.9 Å². The number of hydrogen-bond donors (Lipinski definition) is 1. The van der Waals surface area contributed by atoms with Crippen LogP contribution in [-0.4, -0.2) is 15.7 Å². The Morgan fingerprint density at radius 3 is 2.74 bits per heavy atom. The zero-order chi connectivity index (χ0) is 13.7. The molecule has 2 rings (SSSR count). The number of aliphatic hydroxyl groups is 1. The van der Waals surface area contributed by atoms with Crippen LogP contribution in [0.15, 0.2) is 36.5 Å². The van der Waals surface area contributed by atoms with Crippen LogP contribution in [0.5, 0.6) is 0 Å². The van der Waals surface area contributed by atoms with Gasteiger partial charge < -0.3 is 5.11 Å². The molecule has 0 aliphatic heterocycles. The Labute approximate surface area is 115 Å². The maximum atomic E-state index is 10.5. The van der Waals surface area contributed by atoms with E-state index in [2.05, 4.69) is 18.0 Å². The van der Waals surface area contributed by atoms with Crippen LogP contribution in [0.4, 0.5) is 0 Å². The highest BCUT2D eigenvalue weighted by Crippen LogP contribution is 2.24. The van der Waals surface area contributed by atoms with Gasteiger partial charge in [0.2, 0.25) is 0 Å². The number of pyridine rings is 1. The third-order valence-corrected chi connectivity index (χ3v) is 3.63. The number of benzene rings is 1. The molecule has 0 amide bonds. The number of aromatic nitrogens is 1. The summed E-state index contributed by atoms with van der Waals surface area (Å²) in [5.41, 5.74) is 1.57. The van der Waals surface area contributed by atoms with Crippen molar-refractivity contribution in [1.82, 2.24) is 4.98 Å². The zero-order valence-electron chi connectivity index (χ0n) is 11.9. The van der Waals surface area contributed by atoms with Gasteiger partial charge in [0.25, 0.3) is 0 Å². The Bertz CT molecular complexity index is 528. The first kappa shape index (κ1) is 14.0. The summed E-state index contributed by atoms with van der Waals surface area (Å²) in [6.07, 6.45) is 6.85. The lowest BCUT2D eigenvalue weighted by Gasteiger charge is -2.24. The highest BCUT2D eigenvalue weighted by Gasteiger charge is 2.21. The molecule has 1 N–H and O–H groups in total. The second-order valence-electron chi connectivity index (χ2n) is 5.62. The van der Waals surface area contributed by atoms with Crippen LogP contribution in [0.1, 0.15) is 45.1 Å². The van der Waals surface area contributed by atoms with E-state index in [1.54, 1.807) is 0 Å². The Kier molecular flexibility index (Phi) is 4.54. The fraction of sp³-hybridized carbons (Fsp3) is 0.471. The summed E-state index contributed by atoms with van der Waals surface area (Å²) in [7, 11) is 0. The largest absolute Gasteiger partial charge is 0.390 e. The van der Waals surface area contributed by atoms with Gasteiger partial charge in [-0.25, -0.2) is 0 Å². The SMILES string of the molecule is CCCCCC(C)(O)Cc1ccnc2ccccc12. The fourth-order valence-electron chi connectivity index (χ4n) is 2.56. The molecule has 0 spiro atoms. The number of hydrogen-bond acceptors (Lipinski definition) is 2. The standard InChI is InChI=1S/C17H23NO/c1-3-4-7-11-17(2,19)13-14-10-12-18-16-9-6-5-8-15(14)16/h5-6,8-10,12,19H,3-4,7,11,13H2,1-2H3. The Balaban J connectivity index is 2.16. The molecule has 0 aliphatic rings. The maximum absolute atomic E-state index is 10.5. The number of unbranched alkanes of at least 4 members (excludes halogenated alkanes) is 2. The minimum atomic E-state index is -0.626. The monoisotopic (exact) mass is 257 g/mol. The molecule has 1 aromatic heterocycles. The van der Waals surface area contributed by atoms with E-state index in [1.807, 2.05) is 37.4 Å². The van der Waals surface area contributed by atoms with Gasteiger partial charge in [0.1, 0.15) is 0 Å². The van der Waals surface area contributed by atoms with Gasteiger partial charge in [-0.1, -0.05) is 44.4 Å². The van der Waals surface area contributed by atoms with Crippen LogP contribution in [0.3, 0.4) is 0 Å². The highest BCUT2D eigenvalue weighted by atomic mass is 16.3. The molecule has 0 saturated carbocycles. The van der Waals surface area contributed by atoms with Crippen molar-refractivity contribution in [2.45, 2.75) is 51.6 Å². The average molecular weight is 257 g/mol. The van der Waals surface area contributed by atoms with Crippen molar-refractivity contribution in [3.8, 4) is 0 Å². The third-order valence-electron chi connectivity index (χ3n) is 3.63. The zero-order valence-corrected chi connectivity index (χ0v) is 11.9. The molecule has 0 fully saturated rings. The third kappa shape index (κ3) is 3.77. The van der Waals surface area contributed by atoms with E-state index in [0.29, 0.717) is 6.42 Å². The van der Waals surface area contributed by atoms with E-state index < -0.39 is 5.60 Å². The van der Waals surface area contributed by atoms with Crippen LogP contribution >= 0.6 is 0 Å². The summed E-state index contributed by atoms with van der Waals surface area (Å²) in [6, 6.07) is 10.2. The second-order valence-corrected chi connectivity index (χ2v) is 5.62. The van der Waals surface area contributed by atoms with Crippen molar-refractivity contribution in [3.63, 3.8) is 0 Å². The molecule has 1 heterocycles. The average Bonchev–Trinajstić information content (AvgIpc) is 2.39. The van der Waals surface area contributed by atoms with E-state index in [9.17, 15) is 5.11 Å². The predicted octanol–water partition coefficient (Wildman–Crippen LogP) is 4.11. The summed E-state index contributed by atoms with van der Waals surface area (Å²) in [4.78, 5) is 4.37. The van der Waals surface area contributed by atoms with Gasteiger partial charge >= 0.3 is 0 Å². The van der Waals surface area contributed by atoms with Crippen LogP contribution in [0.25, 0.3) is 10.9 Å². The first-order valence-corrected chi connectivity index (χ1v) is 7.17. The van der Waals surface area contributed by atoms with Gasteiger partial charge in [-0.3, -0.25) is 4.98 Å². The lowest BCUT2D eigenvalue weighted by Crippen LogP contribution is -2.27.